The molecule has 3 aromatic rings. The molecule has 2 heterocycles. The van der Waals surface area contributed by atoms with Crippen molar-refractivity contribution < 1.29 is 13.6 Å². The number of aromatic nitrogens is 2. The Morgan fingerprint density at radius 1 is 1.07 bits per heavy atom. The summed E-state index contributed by atoms with van der Waals surface area (Å²) in [4.78, 5) is 33.7. The first-order valence-corrected chi connectivity index (χ1v) is 8.91. The number of nitrogens with zero attached hydrogens (tertiary/aromatic N) is 2. The summed E-state index contributed by atoms with van der Waals surface area (Å²) >= 11 is 0. The number of carbonyl (C=O) groups is 1. The average Bonchev–Trinajstić information content (AvgIpc) is 2.69. The molecular weight excluding hydrogens is 364 g/mol. The Labute approximate surface area is 159 Å². The summed E-state index contributed by atoms with van der Waals surface area (Å²) in [5.74, 6) is -1.03. The minimum absolute atomic E-state index is 0.0217. The zero-order valence-corrected chi connectivity index (χ0v) is 14.9. The molecule has 0 bridgehead atoms. The molecule has 28 heavy (non-hydrogen) atoms. The number of halogens is 2. The molecule has 5 nitrogen and oxygen atoms in total. The van der Waals surface area contributed by atoms with Gasteiger partial charge >= 0.3 is 0 Å². The number of amides is 1. The van der Waals surface area contributed by atoms with Crippen molar-refractivity contribution in [3.05, 3.63) is 98.7 Å². The fraction of sp³-hybridized carbons (Fsp3) is 0.190. The number of hydrogen-bond acceptors (Lipinski definition) is 3. The highest BCUT2D eigenvalue weighted by Gasteiger charge is 2.26. The number of fused-ring (bicyclic) bond motifs is 1. The normalized spacial score (nSPS) is 13.3. The van der Waals surface area contributed by atoms with Crippen molar-refractivity contribution >= 4 is 5.91 Å². The van der Waals surface area contributed by atoms with E-state index in [1.54, 1.807) is 24.3 Å². The van der Waals surface area contributed by atoms with Crippen molar-refractivity contribution in [3.8, 4) is 0 Å². The Morgan fingerprint density at radius 3 is 2.54 bits per heavy atom. The lowest BCUT2D eigenvalue weighted by molar-refractivity contribution is 0.0727. The highest BCUT2D eigenvalue weighted by molar-refractivity contribution is 5.94. The van der Waals surface area contributed by atoms with E-state index in [9.17, 15) is 18.4 Å². The number of benzene rings is 2. The third-order valence-electron chi connectivity index (χ3n) is 4.82. The van der Waals surface area contributed by atoms with Crippen LogP contribution in [0.4, 0.5) is 8.78 Å². The van der Waals surface area contributed by atoms with Crippen molar-refractivity contribution in [2.45, 2.75) is 19.4 Å². The second-order valence-corrected chi connectivity index (χ2v) is 6.66. The third kappa shape index (κ3) is 3.43. The van der Waals surface area contributed by atoms with E-state index in [0.717, 1.165) is 0 Å². The smallest absolute Gasteiger partial charge is 0.257 e. The third-order valence-corrected chi connectivity index (χ3v) is 4.82. The van der Waals surface area contributed by atoms with Gasteiger partial charge in [0.15, 0.2) is 0 Å². The fourth-order valence-electron chi connectivity index (χ4n) is 3.36. The first kappa shape index (κ1) is 18.0. The Kier molecular flexibility index (Phi) is 4.73. The quantitative estimate of drug-likeness (QED) is 0.759. The van der Waals surface area contributed by atoms with Crippen LogP contribution in [-0.2, 0) is 19.4 Å². The zero-order valence-electron chi connectivity index (χ0n) is 14.9. The molecule has 0 aliphatic carbocycles. The minimum Gasteiger partial charge on any atom is -0.334 e. The molecule has 142 valence electrons. The summed E-state index contributed by atoms with van der Waals surface area (Å²) in [6.45, 7) is 0.389. The number of nitrogens with one attached hydrogen (secondary N) is 1. The van der Waals surface area contributed by atoms with E-state index in [2.05, 4.69) is 9.97 Å². The Morgan fingerprint density at radius 2 is 1.79 bits per heavy atom. The van der Waals surface area contributed by atoms with Gasteiger partial charge in [-0.2, -0.15) is 0 Å². The number of carbonyl (C=O) groups excluding carboxylic acids is 1. The van der Waals surface area contributed by atoms with E-state index < -0.39 is 11.7 Å². The monoisotopic (exact) mass is 381 g/mol. The highest BCUT2D eigenvalue weighted by Crippen LogP contribution is 2.19. The molecule has 1 aliphatic rings. The molecule has 1 aromatic heterocycles. The molecular formula is C21H17F2N3O2. The van der Waals surface area contributed by atoms with Crippen LogP contribution >= 0.6 is 0 Å². The van der Waals surface area contributed by atoms with Gasteiger partial charge in [0.2, 0.25) is 0 Å². The molecule has 0 saturated heterocycles. The molecule has 1 N–H and O–H groups in total. The molecule has 0 radical (unpaired) electrons. The molecule has 0 unspecified atom stereocenters. The predicted molar refractivity (Wildman–Crippen MR) is 98.9 cm³/mol. The molecule has 0 fully saturated rings. The first-order valence-electron chi connectivity index (χ1n) is 8.91. The summed E-state index contributed by atoms with van der Waals surface area (Å²) in [7, 11) is 0. The van der Waals surface area contributed by atoms with E-state index in [1.165, 1.54) is 29.2 Å². The Hall–Kier alpha value is -3.35. The van der Waals surface area contributed by atoms with Crippen LogP contribution in [0, 0.1) is 11.6 Å². The van der Waals surface area contributed by atoms with Gasteiger partial charge in [0, 0.05) is 19.4 Å². The van der Waals surface area contributed by atoms with Crippen molar-refractivity contribution in [1.82, 2.24) is 14.9 Å². The average molecular weight is 381 g/mol. The van der Waals surface area contributed by atoms with Crippen LogP contribution < -0.4 is 5.56 Å². The van der Waals surface area contributed by atoms with Crippen LogP contribution in [0.15, 0.2) is 53.3 Å². The van der Waals surface area contributed by atoms with Gasteiger partial charge < -0.3 is 9.88 Å². The molecule has 1 amide bonds. The minimum atomic E-state index is -0.592. The maximum absolute atomic E-state index is 13.9. The summed E-state index contributed by atoms with van der Waals surface area (Å²) < 4.78 is 27.8. The summed E-state index contributed by atoms with van der Waals surface area (Å²) in [5, 5.41) is 0. The van der Waals surface area contributed by atoms with Crippen LogP contribution in [0.2, 0.25) is 0 Å². The number of aromatic amines is 1. The number of rotatable bonds is 3. The summed E-state index contributed by atoms with van der Waals surface area (Å²) in [5.41, 5.74) is 1.03. The van der Waals surface area contributed by atoms with Gasteiger partial charge in [0.05, 0.1) is 23.4 Å². The maximum Gasteiger partial charge on any atom is 0.257 e. The van der Waals surface area contributed by atoms with E-state index in [4.69, 9.17) is 0 Å². The lowest BCUT2D eigenvalue weighted by Crippen LogP contribution is -2.40. The van der Waals surface area contributed by atoms with E-state index in [0.29, 0.717) is 35.6 Å². The molecule has 2 aromatic carbocycles. The maximum atomic E-state index is 13.9. The number of H-pyrrole nitrogens is 1. The largest absolute Gasteiger partial charge is 0.334 e. The van der Waals surface area contributed by atoms with Crippen LogP contribution in [-0.4, -0.2) is 27.3 Å². The fourth-order valence-corrected chi connectivity index (χ4v) is 3.36. The second-order valence-electron chi connectivity index (χ2n) is 6.66. The Bertz CT molecular complexity index is 1110. The van der Waals surface area contributed by atoms with Gasteiger partial charge in [-0.3, -0.25) is 9.59 Å². The van der Waals surface area contributed by atoms with Crippen molar-refractivity contribution in [2.24, 2.45) is 0 Å². The lowest BCUT2D eigenvalue weighted by atomic mass is 10.0. The highest BCUT2D eigenvalue weighted by atomic mass is 19.1. The van der Waals surface area contributed by atoms with E-state index in [-0.39, 0.29) is 29.9 Å². The van der Waals surface area contributed by atoms with Crippen LogP contribution in [0.25, 0.3) is 0 Å². The molecule has 0 atom stereocenters. The molecule has 4 rings (SSSR count). The second kappa shape index (κ2) is 7.34. The number of hydrogen-bond donors (Lipinski definition) is 1. The lowest BCUT2D eigenvalue weighted by Gasteiger charge is -2.28. The van der Waals surface area contributed by atoms with Gasteiger partial charge in [-0.25, -0.2) is 13.8 Å². The molecule has 1 aliphatic heterocycles. The summed E-state index contributed by atoms with van der Waals surface area (Å²) in [6, 6.07) is 12.1. The Balaban J connectivity index is 1.58. The van der Waals surface area contributed by atoms with E-state index in [1.807, 2.05) is 0 Å². The van der Waals surface area contributed by atoms with Gasteiger partial charge in [0.1, 0.15) is 17.5 Å². The predicted octanol–water partition coefficient (Wildman–Crippen LogP) is 2.84. The zero-order chi connectivity index (χ0) is 19.7. The van der Waals surface area contributed by atoms with Gasteiger partial charge in [-0.1, -0.05) is 30.3 Å². The van der Waals surface area contributed by atoms with Gasteiger partial charge in [-0.15, -0.1) is 0 Å². The van der Waals surface area contributed by atoms with Crippen LogP contribution in [0.3, 0.4) is 0 Å². The van der Waals surface area contributed by atoms with Crippen molar-refractivity contribution in [3.63, 3.8) is 0 Å². The van der Waals surface area contributed by atoms with Crippen molar-refractivity contribution in [2.75, 3.05) is 6.54 Å². The summed E-state index contributed by atoms with van der Waals surface area (Å²) in [6.07, 6.45) is 0.552. The first-order chi connectivity index (χ1) is 13.5. The topological polar surface area (TPSA) is 66.1 Å². The van der Waals surface area contributed by atoms with Gasteiger partial charge in [0.25, 0.3) is 11.5 Å². The van der Waals surface area contributed by atoms with Crippen molar-refractivity contribution in [1.29, 1.82) is 0 Å². The SMILES string of the molecule is O=C(c1ccccc1F)N1CCc2nc(Cc3ccccc3F)[nH]c(=O)c2C1. The van der Waals surface area contributed by atoms with Crippen LogP contribution in [0.1, 0.15) is 33.0 Å². The molecule has 0 spiro atoms. The standard InChI is InChI=1S/C21H17F2N3O2/c22-16-7-3-1-5-13(16)11-19-24-18-9-10-26(12-15(18)20(27)25-19)21(28)14-6-2-4-8-17(14)23/h1-8H,9-12H2,(H,24,25,27). The molecule has 7 heteroatoms. The van der Waals surface area contributed by atoms with Crippen LogP contribution in [0.5, 0.6) is 0 Å². The van der Waals surface area contributed by atoms with E-state index >= 15 is 0 Å². The van der Waals surface area contributed by atoms with Gasteiger partial charge in [-0.05, 0) is 23.8 Å². The molecule has 0 saturated carbocycles.